The van der Waals surface area contributed by atoms with Gasteiger partial charge in [0.2, 0.25) is 5.91 Å². The average Bonchev–Trinajstić information content (AvgIpc) is 3.14. The van der Waals surface area contributed by atoms with Crippen LogP contribution in [0.4, 0.5) is 0 Å². The minimum absolute atomic E-state index is 0.0680. The monoisotopic (exact) mass is 241 g/mol. The Hall–Kier alpha value is -0.650. The molecular weight excluding hydrogens is 218 g/mol. The molecule has 1 saturated carbocycles. The fourth-order valence-corrected chi connectivity index (χ4v) is 2.16. The van der Waals surface area contributed by atoms with Crippen molar-refractivity contribution in [3.05, 3.63) is 0 Å². The molecule has 1 atom stereocenters. The molecule has 0 bridgehead atoms. The molecule has 0 radical (unpaired) electrons. The van der Waals surface area contributed by atoms with Crippen LogP contribution in [0.15, 0.2) is 0 Å². The number of nitrogens with zero attached hydrogens (tertiary/aromatic N) is 1. The minimum Gasteiger partial charge on any atom is -0.379 e. The van der Waals surface area contributed by atoms with Crippen molar-refractivity contribution in [2.75, 3.05) is 39.4 Å². The highest BCUT2D eigenvalue weighted by atomic mass is 16.5. The van der Waals surface area contributed by atoms with E-state index in [1.165, 1.54) is 12.8 Å². The molecule has 1 heterocycles. The first-order valence-electron chi connectivity index (χ1n) is 6.58. The Morgan fingerprint density at radius 2 is 2.12 bits per heavy atom. The van der Waals surface area contributed by atoms with E-state index in [0.717, 1.165) is 39.4 Å². The molecule has 1 aliphatic heterocycles. The molecule has 5 nitrogen and oxygen atoms in total. The Labute approximate surface area is 103 Å². The number of hydrogen-bond acceptors (Lipinski definition) is 4. The summed E-state index contributed by atoms with van der Waals surface area (Å²) in [6.07, 6.45) is 2.87. The smallest absolute Gasteiger partial charge is 0.221 e. The fraction of sp³-hybridized carbons (Fsp3) is 0.917. The van der Waals surface area contributed by atoms with Gasteiger partial charge in [0.1, 0.15) is 0 Å². The van der Waals surface area contributed by atoms with E-state index in [9.17, 15) is 4.79 Å². The molecule has 17 heavy (non-hydrogen) atoms. The molecule has 0 aromatic carbocycles. The zero-order valence-corrected chi connectivity index (χ0v) is 10.4. The van der Waals surface area contributed by atoms with Crippen LogP contribution < -0.4 is 11.1 Å². The van der Waals surface area contributed by atoms with Crippen molar-refractivity contribution >= 4 is 5.91 Å². The van der Waals surface area contributed by atoms with Crippen molar-refractivity contribution in [3.8, 4) is 0 Å². The van der Waals surface area contributed by atoms with E-state index < -0.39 is 0 Å². The highest BCUT2D eigenvalue weighted by molar-refractivity contribution is 5.76. The Balaban J connectivity index is 1.52. The second-order valence-electron chi connectivity index (χ2n) is 5.01. The van der Waals surface area contributed by atoms with Crippen LogP contribution in [0.5, 0.6) is 0 Å². The lowest BCUT2D eigenvalue weighted by Gasteiger charge is -2.26. The maximum Gasteiger partial charge on any atom is 0.221 e. The molecule has 0 spiro atoms. The van der Waals surface area contributed by atoms with Crippen LogP contribution in [-0.2, 0) is 9.53 Å². The lowest BCUT2D eigenvalue weighted by molar-refractivity contribution is -0.121. The second kappa shape index (κ2) is 6.33. The van der Waals surface area contributed by atoms with Crippen molar-refractivity contribution in [2.45, 2.75) is 25.3 Å². The SMILES string of the molecule is N[C@@H](CC(=O)NCCN1CCOCC1)C1CC1. The fourth-order valence-electron chi connectivity index (χ4n) is 2.16. The van der Waals surface area contributed by atoms with Crippen LogP contribution in [0.3, 0.4) is 0 Å². The number of carbonyl (C=O) groups excluding carboxylic acids is 1. The first kappa shape index (κ1) is 12.8. The number of rotatable bonds is 6. The largest absolute Gasteiger partial charge is 0.379 e. The van der Waals surface area contributed by atoms with E-state index in [4.69, 9.17) is 10.5 Å². The van der Waals surface area contributed by atoms with Gasteiger partial charge in [-0.25, -0.2) is 0 Å². The summed E-state index contributed by atoms with van der Waals surface area (Å²) >= 11 is 0. The van der Waals surface area contributed by atoms with Gasteiger partial charge >= 0.3 is 0 Å². The normalized spacial score (nSPS) is 23.4. The van der Waals surface area contributed by atoms with Gasteiger partial charge in [0.05, 0.1) is 13.2 Å². The summed E-state index contributed by atoms with van der Waals surface area (Å²) < 4.78 is 5.27. The minimum atomic E-state index is 0.0680. The third-order valence-corrected chi connectivity index (χ3v) is 3.50. The number of amides is 1. The lowest BCUT2D eigenvalue weighted by atomic mass is 10.1. The molecule has 5 heteroatoms. The predicted octanol–water partition coefficient (Wildman–Crippen LogP) is -0.438. The van der Waals surface area contributed by atoms with E-state index in [2.05, 4.69) is 10.2 Å². The van der Waals surface area contributed by atoms with Crippen molar-refractivity contribution in [3.63, 3.8) is 0 Å². The van der Waals surface area contributed by atoms with Crippen LogP contribution in [0, 0.1) is 5.92 Å². The summed E-state index contributed by atoms with van der Waals surface area (Å²) in [5.41, 5.74) is 5.91. The second-order valence-corrected chi connectivity index (χ2v) is 5.01. The highest BCUT2D eigenvalue weighted by Crippen LogP contribution is 2.32. The van der Waals surface area contributed by atoms with Crippen LogP contribution in [-0.4, -0.2) is 56.2 Å². The molecule has 2 rings (SSSR count). The summed E-state index contributed by atoms with van der Waals surface area (Å²) in [6, 6.07) is 0.0680. The lowest BCUT2D eigenvalue weighted by Crippen LogP contribution is -2.42. The predicted molar refractivity (Wildman–Crippen MR) is 65.6 cm³/mol. The summed E-state index contributed by atoms with van der Waals surface area (Å²) in [6.45, 7) is 5.18. The van der Waals surface area contributed by atoms with E-state index in [1.54, 1.807) is 0 Å². The van der Waals surface area contributed by atoms with Crippen molar-refractivity contribution in [1.29, 1.82) is 0 Å². The van der Waals surface area contributed by atoms with Gasteiger partial charge in [-0.05, 0) is 18.8 Å². The molecule has 1 amide bonds. The molecular formula is C12H23N3O2. The van der Waals surface area contributed by atoms with Gasteiger partial charge in [-0.1, -0.05) is 0 Å². The summed E-state index contributed by atoms with van der Waals surface area (Å²) in [7, 11) is 0. The average molecular weight is 241 g/mol. The van der Waals surface area contributed by atoms with Crippen molar-refractivity contribution in [1.82, 2.24) is 10.2 Å². The molecule has 2 fully saturated rings. The van der Waals surface area contributed by atoms with Gasteiger partial charge < -0.3 is 15.8 Å². The Morgan fingerprint density at radius 3 is 2.76 bits per heavy atom. The van der Waals surface area contributed by atoms with Gasteiger partial charge in [-0.3, -0.25) is 9.69 Å². The van der Waals surface area contributed by atoms with E-state index in [1.807, 2.05) is 0 Å². The standard InChI is InChI=1S/C12H23N3O2/c13-11(10-1-2-10)9-12(16)14-3-4-15-5-7-17-8-6-15/h10-11H,1-9,13H2,(H,14,16)/t11-/m0/s1. The third-order valence-electron chi connectivity index (χ3n) is 3.50. The first-order chi connectivity index (χ1) is 8.25. The van der Waals surface area contributed by atoms with Crippen LogP contribution in [0.1, 0.15) is 19.3 Å². The first-order valence-corrected chi connectivity index (χ1v) is 6.58. The van der Waals surface area contributed by atoms with Gasteiger partial charge in [0.25, 0.3) is 0 Å². The quantitative estimate of drug-likeness (QED) is 0.662. The van der Waals surface area contributed by atoms with Gasteiger partial charge in [0, 0.05) is 38.6 Å². The molecule has 0 aromatic rings. The number of carbonyl (C=O) groups is 1. The van der Waals surface area contributed by atoms with E-state index in [-0.39, 0.29) is 11.9 Å². The molecule has 3 N–H and O–H groups in total. The van der Waals surface area contributed by atoms with Crippen molar-refractivity contribution in [2.24, 2.45) is 11.7 Å². The number of ether oxygens (including phenoxy) is 1. The number of nitrogens with two attached hydrogens (primary N) is 1. The molecule has 0 unspecified atom stereocenters. The van der Waals surface area contributed by atoms with Crippen LogP contribution in [0.25, 0.3) is 0 Å². The summed E-state index contributed by atoms with van der Waals surface area (Å²) in [5.74, 6) is 0.692. The highest BCUT2D eigenvalue weighted by Gasteiger charge is 2.29. The van der Waals surface area contributed by atoms with Gasteiger partial charge in [-0.15, -0.1) is 0 Å². The van der Waals surface area contributed by atoms with Gasteiger partial charge in [0.15, 0.2) is 0 Å². The van der Waals surface area contributed by atoms with E-state index >= 15 is 0 Å². The van der Waals surface area contributed by atoms with Crippen LogP contribution in [0.2, 0.25) is 0 Å². The molecule has 1 aliphatic carbocycles. The Bertz CT molecular complexity index is 250. The zero-order valence-electron chi connectivity index (χ0n) is 10.4. The maximum atomic E-state index is 11.6. The number of nitrogens with one attached hydrogen (secondary N) is 1. The maximum absolute atomic E-state index is 11.6. The molecule has 1 saturated heterocycles. The summed E-state index contributed by atoms with van der Waals surface area (Å²) in [5, 5.41) is 2.94. The number of morpholine rings is 1. The van der Waals surface area contributed by atoms with Crippen LogP contribution >= 0.6 is 0 Å². The van der Waals surface area contributed by atoms with E-state index in [0.29, 0.717) is 12.3 Å². The molecule has 0 aromatic heterocycles. The zero-order chi connectivity index (χ0) is 12.1. The van der Waals surface area contributed by atoms with Crippen molar-refractivity contribution < 1.29 is 9.53 Å². The topological polar surface area (TPSA) is 67.6 Å². The number of hydrogen-bond donors (Lipinski definition) is 2. The van der Waals surface area contributed by atoms with Gasteiger partial charge in [-0.2, -0.15) is 0 Å². The third kappa shape index (κ3) is 4.61. The Kier molecular flexibility index (Phi) is 4.76. The summed E-state index contributed by atoms with van der Waals surface area (Å²) in [4.78, 5) is 13.9. The molecule has 98 valence electrons. The molecule has 2 aliphatic rings. The Morgan fingerprint density at radius 1 is 1.41 bits per heavy atom.